The molecule has 118 valence electrons. The van der Waals surface area contributed by atoms with Crippen LogP contribution in [0.4, 0.5) is 5.69 Å². The van der Waals surface area contributed by atoms with Crippen molar-refractivity contribution in [3.63, 3.8) is 0 Å². The van der Waals surface area contributed by atoms with E-state index in [1.165, 1.54) is 14.1 Å². The van der Waals surface area contributed by atoms with E-state index in [1.54, 1.807) is 0 Å². The molecule has 0 amide bonds. The smallest absolute Gasteiger partial charge is 0.328 e. The van der Waals surface area contributed by atoms with Crippen molar-refractivity contribution < 1.29 is 23.2 Å². The topological polar surface area (TPSA) is 142 Å². The number of carboxylic acid groups (broad SMARTS) is 1. The van der Waals surface area contributed by atoms with Crippen LogP contribution in [-0.4, -0.2) is 39.3 Å². The zero-order chi connectivity index (χ0) is 16.8. The van der Waals surface area contributed by atoms with Gasteiger partial charge in [-0.3, -0.25) is 24.0 Å². The molecule has 0 saturated heterocycles. The highest BCUT2D eigenvalue weighted by atomic mass is 32.2. The van der Waals surface area contributed by atoms with Crippen LogP contribution in [-0.2, 0) is 28.7 Å². The maximum Gasteiger partial charge on any atom is 0.328 e. The van der Waals surface area contributed by atoms with Crippen molar-refractivity contribution in [1.82, 2.24) is 9.13 Å². The number of hydrogen-bond donors (Lipinski definition) is 1. The van der Waals surface area contributed by atoms with Crippen molar-refractivity contribution in [2.45, 2.75) is 4.90 Å². The number of fused-ring (bicyclic) bond motifs is 1. The van der Waals surface area contributed by atoms with Crippen molar-refractivity contribution in [1.29, 1.82) is 0 Å². The van der Waals surface area contributed by atoms with Crippen molar-refractivity contribution >= 4 is 32.5 Å². The molecule has 0 unspecified atom stereocenters. The Balaban J connectivity index is 2.92. The first-order chi connectivity index (χ1) is 10.1. The molecular weight excluding hydrogens is 318 g/mol. The van der Waals surface area contributed by atoms with E-state index in [-0.39, 0.29) is 11.0 Å². The number of imidazole rings is 1. The maximum absolute atomic E-state index is 12.0. The molecule has 1 heterocycles. The van der Waals surface area contributed by atoms with Gasteiger partial charge < -0.3 is 5.11 Å². The van der Waals surface area contributed by atoms with E-state index in [0.29, 0.717) is 0 Å². The molecule has 2 aromatic rings. The first-order valence-corrected chi connectivity index (χ1v) is 7.50. The van der Waals surface area contributed by atoms with Crippen molar-refractivity contribution in [2.24, 2.45) is 14.1 Å². The minimum absolute atomic E-state index is 0.155. The maximum atomic E-state index is 12.0. The van der Waals surface area contributed by atoms with Crippen LogP contribution in [0.25, 0.3) is 11.0 Å². The van der Waals surface area contributed by atoms with Gasteiger partial charge in [-0.1, -0.05) is 0 Å². The van der Waals surface area contributed by atoms with Gasteiger partial charge in [-0.25, -0.2) is 13.2 Å². The summed E-state index contributed by atoms with van der Waals surface area (Å²) in [6.45, 7) is 0. The van der Waals surface area contributed by atoms with Crippen molar-refractivity contribution in [2.75, 3.05) is 5.75 Å². The lowest BCUT2D eigenvalue weighted by atomic mass is 10.2. The molecule has 11 heteroatoms. The SMILES string of the molecule is Cn1c(=O)n(C)c2cc(S(=O)(=O)CC(=O)O)c([N+](=O)[O-])cc21. The van der Waals surface area contributed by atoms with E-state index >= 15 is 0 Å². The number of rotatable bonds is 4. The lowest BCUT2D eigenvalue weighted by molar-refractivity contribution is -0.387. The van der Waals surface area contributed by atoms with Gasteiger partial charge in [0, 0.05) is 20.2 Å². The average molecular weight is 329 g/mol. The highest BCUT2D eigenvalue weighted by molar-refractivity contribution is 7.92. The van der Waals surface area contributed by atoms with E-state index in [2.05, 4.69) is 0 Å². The summed E-state index contributed by atoms with van der Waals surface area (Å²) < 4.78 is 26.3. The summed E-state index contributed by atoms with van der Waals surface area (Å²) in [5.41, 5.74) is -0.928. The number of sulfone groups is 1. The Morgan fingerprint density at radius 3 is 2.23 bits per heavy atom. The second-order valence-electron chi connectivity index (χ2n) is 4.62. The van der Waals surface area contributed by atoms with Crippen molar-refractivity contribution in [3.8, 4) is 0 Å². The van der Waals surface area contributed by atoms with E-state index in [9.17, 15) is 28.1 Å². The van der Waals surface area contributed by atoms with Gasteiger partial charge in [0.25, 0.3) is 5.69 Å². The van der Waals surface area contributed by atoms with Crippen LogP contribution in [0.5, 0.6) is 0 Å². The molecular formula is C11H11N3O7S. The van der Waals surface area contributed by atoms with E-state index in [0.717, 1.165) is 21.3 Å². The van der Waals surface area contributed by atoms with Gasteiger partial charge >= 0.3 is 11.7 Å². The van der Waals surface area contributed by atoms with E-state index in [1.807, 2.05) is 0 Å². The predicted molar refractivity (Wildman–Crippen MR) is 74.5 cm³/mol. The summed E-state index contributed by atoms with van der Waals surface area (Å²) in [6, 6.07) is 1.90. The van der Waals surface area contributed by atoms with Crippen LogP contribution in [0.15, 0.2) is 21.8 Å². The van der Waals surface area contributed by atoms with Crippen LogP contribution >= 0.6 is 0 Å². The van der Waals surface area contributed by atoms with Gasteiger partial charge in [0.1, 0.15) is 4.90 Å². The van der Waals surface area contributed by atoms with Gasteiger partial charge in [-0.05, 0) is 6.07 Å². The third-order valence-electron chi connectivity index (χ3n) is 3.20. The Bertz CT molecular complexity index is 968. The van der Waals surface area contributed by atoms with Crippen LogP contribution < -0.4 is 5.69 Å². The normalized spacial score (nSPS) is 11.7. The van der Waals surface area contributed by atoms with E-state index < -0.39 is 42.8 Å². The summed E-state index contributed by atoms with van der Waals surface area (Å²) in [5.74, 6) is -2.91. The molecule has 22 heavy (non-hydrogen) atoms. The number of benzene rings is 1. The molecule has 2 rings (SSSR count). The Morgan fingerprint density at radius 1 is 1.27 bits per heavy atom. The quantitative estimate of drug-likeness (QED) is 0.596. The number of aryl methyl sites for hydroxylation is 2. The third-order valence-corrected chi connectivity index (χ3v) is 4.82. The summed E-state index contributed by atoms with van der Waals surface area (Å²) in [6.07, 6.45) is 0. The lowest BCUT2D eigenvalue weighted by Gasteiger charge is -2.04. The summed E-state index contributed by atoms with van der Waals surface area (Å²) in [4.78, 5) is 31.9. The zero-order valence-electron chi connectivity index (χ0n) is 11.5. The Morgan fingerprint density at radius 2 is 1.77 bits per heavy atom. The van der Waals surface area contributed by atoms with Gasteiger partial charge in [-0.15, -0.1) is 0 Å². The van der Waals surface area contributed by atoms with Crippen LogP contribution in [0, 0.1) is 10.1 Å². The van der Waals surface area contributed by atoms with Crippen LogP contribution in [0.2, 0.25) is 0 Å². The highest BCUT2D eigenvalue weighted by Crippen LogP contribution is 2.29. The van der Waals surface area contributed by atoms with Crippen LogP contribution in [0.3, 0.4) is 0 Å². The molecule has 1 N–H and O–H groups in total. The first-order valence-electron chi connectivity index (χ1n) is 5.84. The average Bonchev–Trinajstić information content (AvgIpc) is 2.61. The molecule has 0 fully saturated rings. The number of hydrogen-bond acceptors (Lipinski definition) is 6. The highest BCUT2D eigenvalue weighted by Gasteiger charge is 2.30. The number of aliphatic carboxylic acids is 1. The number of nitro groups is 1. The Hall–Kier alpha value is -2.69. The molecule has 0 aliphatic rings. The van der Waals surface area contributed by atoms with Gasteiger partial charge in [0.2, 0.25) is 0 Å². The fourth-order valence-corrected chi connectivity index (χ4v) is 3.37. The number of nitro benzene ring substituents is 1. The molecule has 0 atom stereocenters. The first kappa shape index (κ1) is 15.7. The monoisotopic (exact) mass is 329 g/mol. The minimum Gasteiger partial charge on any atom is -0.480 e. The largest absolute Gasteiger partial charge is 0.480 e. The zero-order valence-corrected chi connectivity index (χ0v) is 12.3. The molecule has 0 bridgehead atoms. The Labute approximate surface area is 123 Å². The molecule has 1 aromatic carbocycles. The standard InChI is InChI=1S/C11H11N3O7S/c1-12-6-3-8(14(18)19)9(22(20,21)5-10(15)16)4-7(6)13(2)11(12)17/h3-4H,5H2,1-2H3,(H,15,16). The molecule has 0 radical (unpaired) electrons. The molecule has 1 aromatic heterocycles. The van der Waals surface area contributed by atoms with Gasteiger partial charge in [0.15, 0.2) is 15.6 Å². The van der Waals surface area contributed by atoms with Gasteiger partial charge in [-0.2, -0.15) is 0 Å². The number of aromatic nitrogens is 2. The molecule has 10 nitrogen and oxygen atoms in total. The molecule has 0 saturated carbocycles. The number of nitrogens with zero attached hydrogens (tertiary/aromatic N) is 3. The van der Waals surface area contributed by atoms with Crippen LogP contribution in [0.1, 0.15) is 0 Å². The molecule has 0 spiro atoms. The second-order valence-corrected chi connectivity index (χ2v) is 6.58. The lowest BCUT2D eigenvalue weighted by Crippen LogP contribution is -2.19. The van der Waals surface area contributed by atoms with Crippen molar-refractivity contribution in [3.05, 3.63) is 32.7 Å². The molecule has 0 aliphatic heterocycles. The fraction of sp³-hybridized carbons (Fsp3) is 0.273. The predicted octanol–water partition coefficient (Wildman–Crippen LogP) is -0.357. The Kier molecular flexibility index (Phi) is 3.53. The van der Waals surface area contributed by atoms with E-state index in [4.69, 9.17) is 5.11 Å². The fourth-order valence-electron chi connectivity index (χ4n) is 2.15. The second kappa shape index (κ2) is 4.94. The number of carbonyl (C=O) groups is 1. The van der Waals surface area contributed by atoms with Gasteiger partial charge in [0.05, 0.1) is 16.0 Å². The number of carboxylic acids is 1. The summed E-state index contributed by atoms with van der Waals surface area (Å²) in [7, 11) is -1.65. The third kappa shape index (κ3) is 2.35. The summed E-state index contributed by atoms with van der Waals surface area (Å²) >= 11 is 0. The summed E-state index contributed by atoms with van der Waals surface area (Å²) in [5, 5.41) is 19.7. The minimum atomic E-state index is -4.41. The molecule has 0 aliphatic carbocycles.